The van der Waals surface area contributed by atoms with E-state index in [0.29, 0.717) is 30.5 Å². The minimum Gasteiger partial charge on any atom is -0.460 e. The second kappa shape index (κ2) is 6.35. The Labute approximate surface area is 99.2 Å². The third-order valence-corrected chi connectivity index (χ3v) is 1.89. The fourth-order valence-electron chi connectivity index (χ4n) is 1.11. The summed E-state index contributed by atoms with van der Waals surface area (Å²) in [6.07, 6.45) is 0. The summed E-state index contributed by atoms with van der Waals surface area (Å²) in [5.41, 5.74) is 0. The first-order valence-corrected chi connectivity index (χ1v) is 5.31. The van der Waals surface area contributed by atoms with Gasteiger partial charge >= 0.3 is 5.97 Å². The van der Waals surface area contributed by atoms with Gasteiger partial charge in [-0.15, -0.1) is 0 Å². The zero-order chi connectivity index (χ0) is 12.0. The van der Waals surface area contributed by atoms with Crippen molar-refractivity contribution in [1.29, 1.82) is 0 Å². The summed E-state index contributed by atoms with van der Waals surface area (Å²) < 4.78 is 10.1. The zero-order valence-electron chi connectivity index (χ0n) is 9.09. The number of hydrogen-bond donors (Lipinski definition) is 1. The van der Waals surface area contributed by atoms with Crippen LogP contribution in [0.15, 0.2) is 28.2 Å². The molecule has 1 heterocycles. The fraction of sp³-hybridized carbons (Fsp3) is 0.364. The molecule has 0 unspecified atom stereocenters. The van der Waals surface area contributed by atoms with Crippen LogP contribution in [0.1, 0.15) is 23.2 Å². The van der Waals surface area contributed by atoms with E-state index < -0.39 is 5.97 Å². The van der Waals surface area contributed by atoms with E-state index >= 15 is 0 Å². The van der Waals surface area contributed by atoms with Gasteiger partial charge in [-0.05, 0) is 19.1 Å². The number of furan rings is 1. The van der Waals surface area contributed by atoms with E-state index in [1.54, 1.807) is 19.1 Å². The van der Waals surface area contributed by atoms with Crippen molar-refractivity contribution in [2.45, 2.75) is 13.5 Å². The van der Waals surface area contributed by atoms with Crippen molar-refractivity contribution in [3.05, 3.63) is 35.3 Å². The van der Waals surface area contributed by atoms with Gasteiger partial charge in [0.15, 0.2) is 0 Å². The molecular formula is C11H14ClNO3. The first-order chi connectivity index (χ1) is 7.63. The van der Waals surface area contributed by atoms with E-state index in [0.717, 1.165) is 0 Å². The normalized spacial score (nSPS) is 10.1. The highest BCUT2D eigenvalue weighted by atomic mass is 35.5. The Balaban J connectivity index is 2.45. The molecule has 0 fully saturated rings. The summed E-state index contributed by atoms with van der Waals surface area (Å²) in [5, 5.41) is 3.53. The number of nitrogens with one attached hydrogen (secondary N) is 1. The van der Waals surface area contributed by atoms with Gasteiger partial charge in [-0.2, -0.15) is 0 Å². The fourth-order valence-corrected chi connectivity index (χ4v) is 1.20. The summed E-state index contributed by atoms with van der Waals surface area (Å²) in [4.78, 5) is 11.3. The Bertz CT molecular complexity index is 373. The van der Waals surface area contributed by atoms with Crippen molar-refractivity contribution in [2.24, 2.45) is 0 Å². The predicted octanol–water partition coefficient (Wildman–Crippen LogP) is 2.30. The Morgan fingerprint density at radius 2 is 2.38 bits per heavy atom. The van der Waals surface area contributed by atoms with Gasteiger partial charge < -0.3 is 14.5 Å². The topological polar surface area (TPSA) is 51.5 Å². The van der Waals surface area contributed by atoms with Gasteiger partial charge in [-0.25, -0.2) is 4.79 Å². The molecule has 0 atom stereocenters. The highest BCUT2D eigenvalue weighted by molar-refractivity contribution is 6.29. The molecule has 0 aliphatic rings. The lowest BCUT2D eigenvalue weighted by molar-refractivity contribution is 0.0488. The quantitative estimate of drug-likeness (QED) is 0.779. The smallest absolute Gasteiger partial charge is 0.374 e. The van der Waals surface area contributed by atoms with Gasteiger partial charge in [0.1, 0.15) is 5.76 Å². The Morgan fingerprint density at radius 3 is 3.00 bits per heavy atom. The molecule has 0 radical (unpaired) electrons. The first-order valence-electron chi connectivity index (χ1n) is 4.93. The lowest BCUT2D eigenvalue weighted by Gasteiger charge is -2.00. The number of halogens is 1. The number of rotatable bonds is 6. The second-order valence-corrected chi connectivity index (χ2v) is 3.64. The van der Waals surface area contributed by atoms with Gasteiger partial charge in [-0.1, -0.05) is 18.2 Å². The van der Waals surface area contributed by atoms with Crippen molar-refractivity contribution in [2.75, 3.05) is 13.2 Å². The van der Waals surface area contributed by atoms with Gasteiger partial charge in [-0.3, -0.25) is 0 Å². The number of hydrogen-bond acceptors (Lipinski definition) is 4. The molecule has 0 saturated carbocycles. The Morgan fingerprint density at radius 1 is 1.62 bits per heavy atom. The van der Waals surface area contributed by atoms with E-state index in [1.165, 1.54) is 0 Å². The summed E-state index contributed by atoms with van der Waals surface area (Å²) >= 11 is 5.58. The van der Waals surface area contributed by atoms with Crippen molar-refractivity contribution < 1.29 is 13.9 Å². The highest BCUT2D eigenvalue weighted by Gasteiger charge is 2.11. The highest BCUT2D eigenvalue weighted by Crippen LogP contribution is 2.09. The molecule has 1 rings (SSSR count). The standard InChI is InChI=1S/C11H14ClNO3/c1-3-15-11(14)10-5-4-9(16-10)7-13-6-8(2)12/h4-5,13H,2-3,6-7H2,1H3. The van der Waals surface area contributed by atoms with E-state index in [9.17, 15) is 4.79 Å². The SMILES string of the molecule is C=C(Cl)CNCc1ccc(C(=O)OCC)o1. The molecular weight excluding hydrogens is 230 g/mol. The van der Waals surface area contributed by atoms with Gasteiger partial charge in [0.05, 0.1) is 13.2 Å². The van der Waals surface area contributed by atoms with Crippen LogP contribution in [0.5, 0.6) is 0 Å². The molecule has 1 aromatic heterocycles. The third-order valence-electron chi connectivity index (χ3n) is 1.75. The number of carbonyl (C=O) groups excluding carboxylic acids is 1. The predicted molar refractivity (Wildman–Crippen MR) is 61.4 cm³/mol. The van der Waals surface area contributed by atoms with E-state index in [1.807, 2.05) is 0 Å². The molecule has 1 aromatic rings. The van der Waals surface area contributed by atoms with Crippen molar-refractivity contribution in [3.63, 3.8) is 0 Å². The molecule has 0 aliphatic heterocycles. The average Bonchev–Trinajstić information content (AvgIpc) is 2.66. The van der Waals surface area contributed by atoms with Crippen molar-refractivity contribution >= 4 is 17.6 Å². The molecule has 0 saturated heterocycles. The molecule has 0 aliphatic carbocycles. The maximum atomic E-state index is 11.3. The lowest BCUT2D eigenvalue weighted by Crippen LogP contribution is -2.14. The first kappa shape index (κ1) is 12.8. The molecule has 4 nitrogen and oxygen atoms in total. The summed E-state index contributed by atoms with van der Waals surface area (Å²) in [5.74, 6) is 0.417. The van der Waals surface area contributed by atoms with Gasteiger partial charge in [0.25, 0.3) is 0 Å². The van der Waals surface area contributed by atoms with Crippen LogP contribution in [0.4, 0.5) is 0 Å². The molecule has 1 N–H and O–H groups in total. The van der Waals surface area contributed by atoms with Crippen LogP contribution >= 0.6 is 11.6 Å². The van der Waals surface area contributed by atoms with E-state index in [-0.39, 0.29) is 5.76 Å². The number of ether oxygens (including phenoxy) is 1. The van der Waals surface area contributed by atoms with Crippen LogP contribution in [0.3, 0.4) is 0 Å². The van der Waals surface area contributed by atoms with Crippen LogP contribution in [-0.2, 0) is 11.3 Å². The molecule has 88 valence electrons. The largest absolute Gasteiger partial charge is 0.460 e. The minimum atomic E-state index is -0.449. The Hall–Kier alpha value is -1.26. The summed E-state index contributed by atoms with van der Waals surface area (Å²) in [7, 11) is 0. The van der Waals surface area contributed by atoms with Crippen molar-refractivity contribution in [3.8, 4) is 0 Å². The van der Waals surface area contributed by atoms with E-state index in [4.69, 9.17) is 20.8 Å². The number of esters is 1. The Kier molecular flexibility index (Phi) is 5.08. The van der Waals surface area contributed by atoms with E-state index in [2.05, 4.69) is 11.9 Å². The molecule has 0 spiro atoms. The monoisotopic (exact) mass is 243 g/mol. The van der Waals surface area contributed by atoms with Crippen LogP contribution in [0, 0.1) is 0 Å². The molecule has 0 aromatic carbocycles. The van der Waals surface area contributed by atoms with Crippen LogP contribution in [0.25, 0.3) is 0 Å². The maximum absolute atomic E-state index is 11.3. The van der Waals surface area contributed by atoms with Crippen LogP contribution < -0.4 is 5.32 Å². The number of carbonyl (C=O) groups is 1. The second-order valence-electron chi connectivity index (χ2n) is 3.11. The van der Waals surface area contributed by atoms with Crippen LogP contribution in [-0.4, -0.2) is 19.1 Å². The molecule has 16 heavy (non-hydrogen) atoms. The third kappa shape index (κ3) is 4.08. The maximum Gasteiger partial charge on any atom is 0.374 e. The molecule has 0 amide bonds. The zero-order valence-corrected chi connectivity index (χ0v) is 9.84. The van der Waals surface area contributed by atoms with Gasteiger partial charge in [0, 0.05) is 11.6 Å². The van der Waals surface area contributed by atoms with Crippen molar-refractivity contribution in [1.82, 2.24) is 5.32 Å². The average molecular weight is 244 g/mol. The molecule has 0 bridgehead atoms. The summed E-state index contributed by atoms with van der Waals surface area (Å²) in [6.45, 7) is 6.61. The molecule has 5 heteroatoms. The minimum absolute atomic E-state index is 0.211. The summed E-state index contributed by atoms with van der Waals surface area (Å²) in [6, 6.07) is 3.31. The van der Waals surface area contributed by atoms with Crippen LogP contribution in [0.2, 0.25) is 0 Å². The van der Waals surface area contributed by atoms with Gasteiger partial charge in [0.2, 0.25) is 5.76 Å². The lowest BCUT2D eigenvalue weighted by atomic mass is 10.4.